The van der Waals surface area contributed by atoms with Crippen molar-refractivity contribution in [3.8, 4) is 0 Å². The summed E-state index contributed by atoms with van der Waals surface area (Å²) in [5.74, 6) is 0.000599. The molecule has 26 heavy (non-hydrogen) atoms. The maximum atomic E-state index is 12.6. The molecule has 0 bridgehead atoms. The van der Waals surface area contributed by atoms with Gasteiger partial charge in [-0.2, -0.15) is 0 Å². The minimum absolute atomic E-state index is 0.0136. The summed E-state index contributed by atoms with van der Waals surface area (Å²) in [6.45, 7) is 8.88. The Bertz CT molecular complexity index is 622. The molecule has 0 aliphatic carbocycles. The highest BCUT2D eigenvalue weighted by molar-refractivity contribution is 5.93. The molecule has 2 amide bonds. The molecule has 6 nitrogen and oxygen atoms in total. The second kappa shape index (κ2) is 9.14. The number of nitrogens with zero attached hydrogens (tertiary/aromatic N) is 2. The third-order valence-electron chi connectivity index (χ3n) is 4.96. The van der Waals surface area contributed by atoms with Gasteiger partial charge in [-0.15, -0.1) is 0 Å². The minimum Gasteiger partial charge on any atom is -0.339 e. The van der Waals surface area contributed by atoms with Crippen LogP contribution in [-0.4, -0.2) is 59.9 Å². The Morgan fingerprint density at radius 1 is 1.15 bits per heavy atom. The van der Waals surface area contributed by atoms with Crippen LogP contribution in [0, 0.1) is 0 Å². The minimum atomic E-state index is -0.793. The molecule has 1 atom stereocenters. The first-order valence-corrected chi connectivity index (χ1v) is 9.55. The lowest BCUT2D eigenvalue weighted by Gasteiger charge is -2.38. The van der Waals surface area contributed by atoms with Gasteiger partial charge in [-0.3, -0.25) is 14.5 Å². The largest absolute Gasteiger partial charge is 0.339 e. The fourth-order valence-electron chi connectivity index (χ4n) is 3.44. The number of carbonyl (C=O) groups is 2. The normalized spacial score (nSPS) is 17.6. The molecular weight excluding hydrogens is 328 g/mol. The number of rotatable bonds is 7. The predicted molar refractivity (Wildman–Crippen MR) is 105 cm³/mol. The zero-order valence-electron chi connectivity index (χ0n) is 16.3. The summed E-state index contributed by atoms with van der Waals surface area (Å²) < 4.78 is 0. The molecule has 1 aliphatic heterocycles. The molecule has 1 fully saturated rings. The lowest BCUT2D eigenvalue weighted by molar-refractivity contribution is -0.138. The van der Waals surface area contributed by atoms with Gasteiger partial charge < -0.3 is 16.0 Å². The lowest BCUT2D eigenvalue weighted by Crippen LogP contribution is -2.58. The topological polar surface area (TPSA) is 78.7 Å². The van der Waals surface area contributed by atoms with Gasteiger partial charge in [-0.25, -0.2) is 0 Å². The third-order valence-corrected chi connectivity index (χ3v) is 4.96. The van der Waals surface area contributed by atoms with Gasteiger partial charge in [0.1, 0.15) is 0 Å². The summed E-state index contributed by atoms with van der Waals surface area (Å²) in [5.41, 5.74) is 7.38. The van der Waals surface area contributed by atoms with Crippen LogP contribution in [0.25, 0.3) is 0 Å². The molecular formula is C20H32N4O2. The van der Waals surface area contributed by atoms with E-state index in [0.717, 1.165) is 24.1 Å². The number of piperazine rings is 1. The number of anilines is 1. The van der Waals surface area contributed by atoms with E-state index in [1.807, 2.05) is 43.0 Å². The lowest BCUT2D eigenvalue weighted by atomic mass is 9.95. The van der Waals surface area contributed by atoms with E-state index in [9.17, 15) is 9.59 Å². The Hall–Kier alpha value is -1.92. The van der Waals surface area contributed by atoms with Gasteiger partial charge in [0.15, 0.2) is 0 Å². The van der Waals surface area contributed by atoms with E-state index < -0.39 is 5.54 Å². The number of hydrogen-bond donors (Lipinski definition) is 2. The first-order valence-electron chi connectivity index (χ1n) is 9.55. The Morgan fingerprint density at radius 2 is 1.81 bits per heavy atom. The Kier molecular flexibility index (Phi) is 7.17. The molecule has 1 aliphatic rings. The van der Waals surface area contributed by atoms with Crippen molar-refractivity contribution < 1.29 is 9.59 Å². The van der Waals surface area contributed by atoms with Crippen LogP contribution in [0.5, 0.6) is 0 Å². The smallest absolute Gasteiger partial charge is 0.242 e. The standard InChI is InChI=1S/C20H32N4O2/c1-4-10-20(3,21)19(26)24-13-11-23(12-14-24)15-18(25)22-17-9-7-6-8-16(17)5-2/h6-9H,4-5,10-15,21H2,1-3H3,(H,22,25). The van der Waals surface area contributed by atoms with Crippen LogP contribution in [0.15, 0.2) is 24.3 Å². The monoisotopic (exact) mass is 360 g/mol. The average Bonchev–Trinajstić information content (AvgIpc) is 2.62. The molecule has 0 radical (unpaired) electrons. The highest BCUT2D eigenvalue weighted by Gasteiger charge is 2.33. The van der Waals surface area contributed by atoms with E-state index in [4.69, 9.17) is 5.73 Å². The Morgan fingerprint density at radius 3 is 2.42 bits per heavy atom. The van der Waals surface area contributed by atoms with Crippen LogP contribution >= 0.6 is 0 Å². The number of carbonyl (C=O) groups excluding carboxylic acids is 2. The van der Waals surface area contributed by atoms with Crippen molar-refractivity contribution in [2.24, 2.45) is 5.73 Å². The third kappa shape index (κ3) is 5.29. The average molecular weight is 361 g/mol. The van der Waals surface area contributed by atoms with Crippen molar-refractivity contribution in [3.05, 3.63) is 29.8 Å². The summed E-state index contributed by atoms with van der Waals surface area (Å²) in [6.07, 6.45) is 2.45. The maximum Gasteiger partial charge on any atom is 0.242 e. The van der Waals surface area contributed by atoms with Crippen LogP contribution in [0.4, 0.5) is 5.69 Å². The number of nitrogens with two attached hydrogens (primary N) is 1. The second-order valence-electron chi connectivity index (χ2n) is 7.29. The van der Waals surface area contributed by atoms with Gasteiger partial charge in [0.25, 0.3) is 0 Å². The predicted octanol–water partition coefficient (Wildman–Crippen LogP) is 1.85. The first kappa shape index (κ1) is 20.4. The number of hydrogen-bond acceptors (Lipinski definition) is 4. The second-order valence-corrected chi connectivity index (χ2v) is 7.29. The summed E-state index contributed by atoms with van der Waals surface area (Å²) >= 11 is 0. The summed E-state index contributed by atoms with van der Waals surface area (Å²) in [4.78, 5) is 28.8. The van der Waals surface area contributed by atoms with E-state index >= 15 is 0 Å². The van der Waals surface area contributed by atoms with E-state index in [2.05, 4.69) is 17.1 Å². The zero-order chi connectivity index (χ0) is 19.2. The van der Waals surface area contributed by atoms with Crippen molar-refractivity contribution >= 4 is 17.5 Å². The number of aryl methyl sites for hydroxylation is 1. The van der Waals surface area contributed by atoms with Crippen LogP contribution in [0.1, 0.15) is 39.2 Å². The van der Waals surface area contributed by atoms with Gasteiger partial charge >= 0.3 is 0 Å². The molecule has 2 rings (SSSR count). The van der Waals surface area contributed by atoms with E-state index in [1.54, 1.807) is 0 Å². The fraction of sp³-hybridized carbons (Fsp3) is 0.600. The highest BCUT2D eigenvalue weighted by Crippen LogP contribution is 2.16. The zero-order valence-corrected chi connectivity index (χ0v) is 16.3. The molecule has 0 saturated carbocycles. The number of benzene rings is 1. The van der Waals surface area contributed by atoms with Gasteiger partial charge in [0, 0.05) is 31.9 Å². The molecule has 6 heteroatoms. The van der Waals surface area contributed by atoms with Gasteiger partial charge in [-0.05, 0) is 31.4 Å². The fourth-order valence-corrected chi connectivity index (χ4v) is 3.44. The molecule has 0 spiro atoms. The van der Waals surface area contributed by atoms with E-state index in [-0.39, 0.29) is 11.8 Å². The quantitative estimate of drug-likeness (QED) is 0.778. The molecule has 3 N–H and O–H groups in total. The van der Waals surface area contributed by atoms with Crippen molar-refractivity contribution in [3.63, 3.8) is 0 Å². The number of amides is 2. The molecule has 0 aromatic heterocycles. The summed E-state index contributed by atoms with van der Waals surface area (Å²) in [7, 11) is 0. The van der Waals surface area contributed by atoms with E-state index in [1.165, 1.54) is 0 Å². The van der Waals surface area contributed by atoms with Gasteiger partial charge in [0.05, 0.1) is 12.1 Å². The first-order chi connectivity index (χ1) is 12.4. The SMILES string of the molecule is CCCC(C)(N)C(=O)N1CCN(CC(=O)Nc2ccccc2CC)CC1. The summed E-state index contributed by atoms with van der Waals surface area (Å²) in [5, 5.41) is 3.00. The van der Waals surface area contributed by atoms with Crippen molar-refractivity contribution in [2.75, 3.05) is 38.0 Å². The van der Waals surface area contributed by atoms with Crippen molar-refractivity contribution in [1.29, 1.82) is 0 Å². The van der Waals surface area contributed by atoms with Crippen LogP contribution in [-0.2, 0) is 16.0 Å². The highest BCUT2D eigenvalue weighted by atomic mass is 16.2. The number of para-hydroxylation sites is 1. The van der Waals surface area contributed by atoms with E-state index in [0.29, 0.717) is 39.1 Å². The van der Waals surface area contributed by atoms with Crippen LogP contribution in [0.3, 0.4) is 0 Å². The molecule has 1 saturated heterocycles. The van der Waals surface area contributed by atoms with Crippen LogP contribution in [0.2, 0.25) is 0 Å². The summed E-state index contributed by atoms with van der Waals surface area (Å²) in [6, 6.07) is 7.87. The van der Waals surface area contributed by atoms with Gasteiger partial charge in [0.2, 0.25) is 11.8 Å². The molecule has 1 aromatic carbocycles. The molecule has 1 heterocycles. The maximum absolute atomic E-state index is 12.6. The van der Waals surface area contributed by atoms with Gasteiger partial charge in [-0.1, -0.05) is 38.5 Å². The Balaban J connectivity index is 1.83. The van der Waals surface area contributed by atoms with Crippen molar-refractivity contribution in [1.82, 2.24) is 9.80 Å². The molecule has 1 aromatic rings. The Labute approximate surface area is 156 Å². The van der Waals surface area contributed by atoms with Crippen LogP contribution < -0.4 is 11.1 Å². The molecule has 1 unspecified atom stereocenters. The number of nitrogens with one attached hydrogen (secondary N) is 1. The van der Waals surface area contributed by atoms with Crippen molar-refractivity contribution in [2.45, 2.75) is 45.6 Å². The molecule has 144 valence electrons.